The summed E-state index contributed by atoms with van der Waals surface area (Å²) in [4.78, 5) is 3.94. The van der Waals surface area contributed by atoms with Gasteiger partial charge < -0.3 is 15.9 Å². The zero-order chi connectivity index (χ0) is 12.7. The van der Waals surface area contributed by atoms with Gasteiger partial charge in [-0.15, -0.1) is 0 Å². The highest BCUT2D eigenvalue weighted by atomic mass is 16.3. The van der Waals surface area contributed by atoms with Crippen LogP contribution in [0.15, 0.2) is 29.3 Å². The van der Waals surface area contributed by atoms with Crippen molar-refractivity contribution in [3.05, 3.63) is 35.4 Å². The largest absolute Gasteiger partial charge is 0.394 e. The van der Waals surface area contributed by atoms with E-state index in [1.54, 1.807) is 13.3 Å². The average molecular weight is 236 g/mol. The fraction of sp³-hybridized carbons (Fsp3) is 0.462. The highest BCUT2D eigenvalue weighted by molar-refractivity contribution is 5.79. The summed E-state index contributed by atoms with van der Waals surface area (Å²) in [6, 6.07) is 7.98. The monoisotopic (exact) mass is 236 g/mol. The van der Waals surface area contributed by atoms with Crippen LogP contribution >= 0.6 is 0 Å². The first-order valence-corrected chi connectivity index (χ1v) is 5.65. The van der Waals surface area contributed by atoms with Gasteiger partial charge in [-0.3, -0.25) is 4.99 Å². The van der Waals surface area contributed by atoms with E-state index >= 15 is 0 Å². The number of aliphatic hydroxyl groups is 2. The lowest BCUT2D eigenvalue weighted by atomic mass is 9.94. The minimum atomic E-state index is -0.885. The van der Waals surface area contributed by atoms with Crippen LogP contribution in [-0.4, -0.2) is 42.2 Å². The van der Waals surface area contributed by atoms with Gasteiger partial charge in [-0.25, -0.2) is 0 Å². The van der Waals surface area contributed by atoms with Crippen molar-refractivity contribution in [3.63, 3.8) is 0 Å². The Labute approximate surface area is 102 Å². The minimum absolute atomic E-state index is 0.204. The van der Waals surface area contributed by atoms with Crippen molar-refractivity contribution >= 4 is 6.21 Å². The fourth-order valence-electron chi connectivity index (χ4n) is 1.52. The maximum Gasteiger partial charge on any atom is 0.0633 e. The van der Waals surface area contributed by atoms with Crippen LogP contribution in [0.5, 0.6) is 0 Å². The minimum Gasteiger partial charge on any atom is -0.394 e. The molecule has 0 aliphatic carbocycles. The molecule has 1 aromatic rings. The molecule has 0 bridgehead atoms. The predicted molar refractivity (Wildman–Crippen MR) is 69.4 cm³/mol. The number of nitrogens with zero attached hydrogens (tertiary/aromatic N) is 1. The van der Waals surface area contributed by atoms with Gasteiger partial charge in [0, 0.05) is 13.3 Å². The van der Waals surface area contributed by atoms with Crippen molar-refractivity contribution in [2.45, 2.75) is 18.4 Å². The number of aliphatic hydroxyl groups excluding tert-OH is 2. The molecule has 17 heavy (non-hydrogen) atoms. The molecule has 0 amide bonds. The quantitative estimate of drug-likeness (QED) is 0.624. The van der Waals surface area contributed by atoms with Crippen molar-refractivity contribution in [2.75, 3.05) is 20.3 Å². The summed E-state index contributed by atoms with van der Waals surface area (Å²) >= 11 is 0. The normalized spacial score (nSPS) is 12.2. The van der Waals surface area contributed by atoms with Crippen LogP contribution in [0.4, 0.5) is 0 Å². The summed E-state index contributed by atoms with van der Waals surface area (Å²) < 4.78 is 0. The first kappa shape index (κ1) is 13.8. The van der Waals surface area contributed by atoms with Crippen molar-refractivity contribution in [1.82, 2.24) is 0 Å². The highest BCUT2D eigenvalue weighted by Gasteiger charge is 2.22. The Hall–Kier alpha value is -1.23. The zero-order valence-corrected chi connectivity index (χ0v) is 10.1. The molecular formula is C13H20N2O2. The first-order valence-electron chi connectivity index (χ1n) is 5.65. The SMILES string of the molecule is CN=Cc1ccc(CCC(N)(CO)CO)cc1. The second kappa shape index (κ2) is 6.49. The number of hydrogen-bond donors (Lipinski definition) is 3. The molecule has 0 spiro atoms. The average Bonchev–Trinajstić information content (AvgIpc) is 2.38. The smallest absolute Gasteiger partial charge is 0.0633 e. The maximum atomic E-state index is 9.07. The van der Waals surface area contributed by atoms with Gasteiger partial charge in [0.2, 0.25) is 0 Å². The molecule has 0 unspecified atom stereocenters. The van der Waals surface area contributed by atoms with Gasteiger partial charge in [0.05, 0.1) is 18.8 Å². The number of rotatable bonds is 6. The van der Waals surface area contributed by atoms with E-state index in [1.807, 2.05) is 24.3 Å². The van der Waals surface area contributed by atoms with Crippen LogP contribution in [-0.2, 0) is 6.42 Å². The second-order valence-electron chi connectivity index (χ2n) is 4.31. The number of hydrogen-bond acceptors (Lipinski definition) is 4. The van der Waals surface area contributed by atoms with Gasteiger partial charge in [-0.1, -0.05) is 24.3 Å². The van der Waals surface area contributed by atoms with E-state index in [4.69, 9.17) is 15.9 Å². The molecule has 1 rings (SSSR count). The molecule has 94 valence electrons. The predicted octanol–water partition coefficient (Wildman–Crippen LogP) is 0.350. The summed E-state index contributed by atoms with van der Waals surface area (Å²) in [5.74, 6) is 0. The zero-order valence-electron chi connectivity index (χ0n) is 10.1. The molecule has 4 N–H and O–H groups in total. The molecule has 0 aliphatic heterocycles. The Morgan fingerprint density at radius 2 is 1.82 bits per heavy atom. The third-order valence-electron chi connectivity index (χ3n) is 2.80. The lowest BCUT2D eigenvalue weighted by molar-refractivity contribution is 0.115. The molecule has 0 heterocycles. The Balaban J connectivity index is 2.58. The number of aliphatic imine (C=N–C) groups is 1. The molecule has 1 aromatic carbocycles. The van der Waals surface area contributed by atoms with Crippen LogP contribution in [0.2, 0.25) is 0 Å². The topological polar surface area (TPSA) is 78.8 Å². The molecule has 4 heteroatoms. The Morgan fingerprint density at radius 3 is 2.29 bits per heavy atom. The van der Waals surface area contributed by atoms with E-state index in [-0.39, 0.29) is 13.2 Å². The van der Waals surface area contributed by atoms with E-state index in [1.165, 1.54) is 0 Å². The molecule has 0 saturated carbocycles. The first-order chi connectivity index (χ1) is 8.13. The molecule has 4 nitrogen and oxygen atoms in total. The molecule has 0 fully saturated rings. The van der Waals surface area contributed by atoms with E-state index in [2.05, 4.69) is 4.99 Å². The third-order valence-corrected chi connectivity index (χ3v) is 2.80. The van der Waals surface area contributed by atoms with E-state index < -0.39 is 5.54 Å². The molecule has 0 atom stereocenters. The van der Waals surface area contributed by atoms with Crippen molar-refractivity contribution < 1.29 is 10.2 Å². The molecule has 0 saturated heterocycles. The van der Waals surface area contributed by atoms with Crippen LogP contribution in [0.1, 0.15) is 17.5 Å². The van der Waals surface area contributed by atoms with Gasteiger partial charge in [0.1, 0.15) is 0 Å². The highest BCUT2D eigenvalue weighted by Crippen LogP contribution is 2.12. The number of benzene rings is 1. The number of aryl methyl sites for hydroxylation is 1. The van der Waals surface area contributed by atoms with Crippen LogP contribution in [0, 0.1) is 0 Å². The summed E-state index contributed by atoms with van der Waals surface area (Å²) in [6.45, 7) is -0.409. The summed E-state index contributed by atoms with van der Waals surface area (Å²) in [7, 11) is 1.74. The van der Waals surface area contributed by atoms with Gasteiger partial charge in [-0.2, -0.15) is 0 Å². The molecular weight excluding hydrogens is 216 g/mol. The summed E-state index contributed by atoms with van der Waals surface area (Å²) in [5.41, 5.74) is 7.10. The lowest BCUT2D eigenvalue weighted by Crippen LogP contribution is -2.47. The lowest BCUT2D eigenvalue weighted by Gasteiger charge is -2.24. The van der Waals surface area contributed by atoms with Gasteiger partial charge in [0.15, 0.2) is 0 Å². The maximum absolute atomic E-state index is 9.07. The Kier molecular flexibility index (Phi) is 5.28. The van der Waals surface area contributed by atoms with Gasteiger partial charge in [-0.05, 0) is 24.0 Å². The third kappa shape index (κ3) is 4.26. The van der Waals surface area contributed by atoms with Crippen molar-refractivity contribution in [1.29, 1.82) is 0 Å². The summed E-state index contributed by atoms with van der Waals surface area (Å²) in [5, 5.41) is 18.1. The fourth-order valence-corrected chi connectivity index (χ4v) is 1.52. The van der Waals surface area contributed by atoms with Gasteiger partial charge >= 0.3 is 0 Å². The van der Waals surface area contributed by atoms with Crippen LogP contribution in [0.3, 0.4) is 0 Å². The van der Waals surface area contributed by atoms with E-state index in [0.717, 1.165) is 17.5 Å². The molecule has 0 radical (unpaired) electrons. The van der Waals surface area contributed by atoms with E-state index in [9.17, 15) is 0 Å². The molecule has 0 aromatic heterocycles. The van der Waals surface area contributed by atoms with Crippen LogP contribution in [0.25, 0.3) is 0 Å². The summed E-state index contributed by atoms with van der Waals surface area (Å²) in [6.07, 6.45) is 3.08. The van der Waals surface area contributed by atoms with Gasteiger partial charge in [0.25, 0.3) is 0 Å². The standard InChI is InChI=1S/C13H20N2O2/c1-15-8-12-4-2-11(3-5-12)6-7-13(14,9-16)10-17/h2-5,8,16-17H,6-7,9-10,14H2,1H3. The van der Waals surface area contributed by atoms with E-state index in [0.29, 0.717) is 6.42 Å². The van der Waals surface area contributed by atoms with Crippen molar-refractivity contribution in [3.8, 4) is 0 Å². The number of nitrogens with two attached hydrogens (primary N) is 1. The van der Waals surface area contributed by atoms with Crippen molar-refractivity contribution in [2.24, 2.45) is 10.7 Å². The second-order valence-corrected chi connectivity index (χ2v) is 4.31. The van der Waals surface area contributed by atoms with Crippen LogP contribution < -0.4 is 5.73 Å². The molecule has 0 aliphatic rings. The Morgan fingerprint density at radius 1 is 1.24 bits per heavy atom. The Bertz CT molecular complexity index is 356.